The van der Waals surface area contributed by atoms with Gasteiger partial charge in [-0.2, -0.15) is 0 Å². The van der Waals surface area contributed by atoms with E-state index in [2.05, 4.69) is 19.2 Å². The van der Waals surface area contributed by atoms with Crippen molar-refractivity contribution in [3.63, 3.8) is 0 Å². The Hall–Kier alpha value is -0.0400. The fourth-order valence-electron chi connectivity index (χ4n) is 6.39. The summed E-state index contributed by atoms with van der Waals surface area (Å²) in [6.07, 6.45) is 14.9. The van der Waals surface area contributed by atoms with Gasteiger partial charge in [0, 0.05) is 12.1 Å². The summed E-state index contributed by atoms with van der Waals surface area (Å²) in [7, 11) is 0. The van der Waals surface area contributed by atoms with Crippen LogP contribution in [0.4, 0.5) is 0 Å². The summed E-state index contributed by atoms with van der Waals surface area (Å²) >= 11 is 0. The van der Waals surface area contributed by atoms with Crippen molar-refractivity contribution in [2.75, 3.05) is 0 Å². The van der Waals surface area contributed by atoms with E-state index in [9.17, 15) is 0 Å². The maximum absolute atomic E-state index is 4.14. The summed E-state index contributed by atoms with van der Waals surface area (Å²) in [5.41, 5.74) is 0.599. The Morgan fingerprint density at radius 2 is 1.65 bits per heavy atom. The van der Waals surface area contributed by atoms with Gasteiger partial charge in [-0.25, -0.2) is 0 Å². The van der Waals surface area contributed by atoms with Gasteiger partial charge in [-0.3, -0.25) is 0 Å². The minimum Gasteiger partial charge on any atom is -0.311 e. The van der Waals surface area contributed by atoms with Gasteiger partial charge in [-0.05, 0) is 80.5 Å². The van der Waals surface area contributed by atoms with Crippen LogP contribution in [0.3, 0.4) is 0 Å². The second kappa shape index (κ2) is 5.00. The molecule has 20 heavy (non-hydrogen) atoms. The second-order valence-electron chi connectivity index (χ2n) is 9.22. The third-order valence-electron chi connectivity index (χ3n) is 7.45. The second-order valence-corrected chi connectivity index (χ2v) is 9.22. The fourth-order valence-corrected chi connectivity index (χ4v) is 6.39. The van der Waals surface area contributed by atoms with E-state index in [1.807, 2.05) is 0 Å². The molecule has 0 radical (unpaired) electrons. The average molecular weight is 275 g/mol. The third-order valence-corrected chi connectivity index (χ3v) is 7.45. The molecule has 1 heteroatoms. The zero-order chi connectivity index (χ0) is 13.7. The molecule has 1 nitrogen and oxygen atoms in total. The molecule has 2 bridgehead atoms. The summed E-state index contributed by atoms with van der Waals surface area (Å²) in [6.45, 7) is 4.94. The predicted molar refractivity (Wildman–Crippen MR) is 84.6 cm³/mol. The van der Waals surface area contributed by atoms with Gasteiger partial charge in [0.25, 0.3) is 0 Å². The monoisotopic (exact) mass is 275 g/mol. The van der Waals surface area contributed by atoms with E-state index in [1.165, 1.54) is 44.9 Å². The van der Waals surface area contributed by atoms with E-state index in [0.29, 0.717) is 5.41 Å². The van der Waals surface area contributed by atoms with Gasteiger partial charge in [0.1, 0.15) is 0 Å². The van der Waals surface area contributed by atoms with Gasteiger partial charge in [0.15, 0.2) is 0 Å². The largest absolute Gasteiger partial charge is 0.311 e. The van der Waals surface area contributed by atoms with Gasteiger partial charge in [-0.1, -0.05) is 26.7 Å². The van der Waals surface area contributed by atoms with E-state index in [-0.39, 0.29) is 0 Å². The fraction of sp³-hybridized carbons (Fsp3) is 1.00. The summed E-state index contributed by atoms with van der Waals surface area (Å²) in [5.74, 6) is 4.43. The van der Waals surface area contributed by atoms with E-state index >= 15 is 0 Å². The van der Waals surface area contributed by atoms with Gasteiger partial charge >= 0.3 is 0 Å². The number of rotatable bonds is 2. The Morgan fingerprint density at radius 1 is 0.800 bits per heavy atom. The Balaban J connectivity index is 1.36. The molecule has 0 saturated heterocycles. The van der Waals surface area contributed by atoms with Crippen LogP contribution in [0.1, 0.15) is 78.1 Å². The van der Waals surface area contributed by atoms with Crippen molar-refractivity contribution < 1.29 is 0 Å². The molecule has 1 N–H and O–H groups in total. The van der Waals surface area contributed by atoms with E-state index in [1.54, 1.807) is 19.3 Å². The van der Waals surface area contributed by atoms with Crippen molar-refractivity contribution in [3.8, 4) is 0 Å². The molecule has 4 fully saturated rings. The number of nitrogens with one attached hydrogen (secondary N) is 1. The first kappa shape index (κ1) is 13.6. The molecule has 0 heterocycles. The number of hydrogen-bond donors (Lipinski definition) is 1. The minimum atomic E-state index is 0.599. The molecule has 0 aromatic rings. The Kier molecular flexibility index (Phi) is 3.41. The van der Waals surface area contributed by atoms with Gasteiger partial charge in [0.05, 0.1) is 0 Å². The standard InChI is InChI=1S/C19H33N/c1-19(2)9-4-5-14(8-10-19)20-18-12-13-11-17(18)16-7-3-6-15(13)16/h13-18,20H,3-12H2,1-2H3. The van der Waals surface area contributed by atoms with Gasteiger partial charge in [-0.15, -0.1) is 0 Å². The topological polar surface area (TPSA) is 12.0 Å². The lowest BCUT2D eigenvalue weighted by atomic mass is 9.78. The Bertz CT molecular complexity index is 361. The van der Waals surface area contributed by atoms with Crippen molar-refractivity contribution in [2.24, 2.45) is 29.1 Å². The van der Waals surface area contributed by atoms with Crippen molar-refractivity contribution in [2.45, 2.75) is 90.1 Å². The van der Waals surface area contributed by atoms with Crippen LogP contribution in [0.5, 0.6) is 0 Å². The van der Waals surface area contributed by atoms with Crippen LogP contribution >= 0.6 is 0 Å². The summed E-state index contributed by atoms with van der Waals surface area (Å²) in [4.78, 5) is 0. The van der Waals surface area contributed by atoms with Crippen molar-refractivity contribution in [1.29, 1.82) is 0 Å². The van der Waals surface area contributed by atoms with Gasteiger partial charge < -0.3 is 5.32 Å². The average Bonchev–Trinajstić information content (AvgIpc) is 3.04. The highest BCUT2D eigenvalue weighted by Crippen LogP contribution is 2.58. The first-order valence-corrected chi connectivity index (χ1v) is 9.38. The molecule has 0 aromatic heterocycles. The molecule has 114 valence electrons. The lowest BCUT2D eigenvalue weighted by Gasteiger charge is -2.35. The van der Waals surface area contributed by atoms with Crippen LogP contribution in [0, 0.1) is 29.1 Å². The lowest BCUT2D eigenvalue weighted by molar-refractivity contribution is 0.193. The van der Waals surface area contributed by atoms with Crippen molar-refractivity contribution in [3.05, 3.63) is 0 Å². The summed E-state index contributed by atoms with van der Waals surface area (Å²) in [6, 6.07) is 1.73. The van der Waals surface area contributed by atoms with Crippen LogP contribution in [0.25, 0.3) is 0 Å². The van der Waals surface area contributed by atoms with Crippen LogP contribution in [-0.4, -0.2) is 12.1 Å². The maximum Gasteiger partial charge on any atom is 0.0103 e. The van der Waals surface area contributed by atoms with E-state index < -0.39 is 0 Å². The summed E-state index contributed by atoms with van der Waals surface area (Å²) in [5, 5.41) is 4.14. The van der Waals surface area contributed by atoms with Crippen molar-refractivity contribution >= 4 is 0 Å². The zero-order valence-corrected chi connectivity index (χ0v) is 13.5. The highest BCUT2D eigenvalue weighted by molar-refractivity contribution is 5.06. The quantitative estimate of drug-likeness (QED) is 0.716. The predicted octanol–water partition coefficient (Wildman–Crippen LogP) is 4.76. The lowest BCUT2D eigenvalue weighted by Crippen LogP contribution is -2.44. The molecule has 0 aromatic carbocycles. The molecule has 4 rings (SSSR count). The molecule has 4 aliphatic carbocycles. The van der Waals surface area contributed by atoms with Gasteiger partial charge in [0.2, 0.25) is 0 Å². The van der Waals surface area contributed by atoms with E-state index in [4.69, 9.17) is 0 Å². The third kappa shape index (κ3) is 2.34. The van der Waals surface area contributed by atoms with Crippen LogP contribution in [-0.2, 0) is 0 Å². The molecule has 0 aliphatic heterocycles. The zero-order valence-electron chi connectivity index (χ0n) is 13.5. The van der Waals surface area contributed by atoms with Crippen LogP contribution < -0.4 is 5.32 Å². The normalized spacial score (nSPS) is 50.1. The summed E-state index contributed by atoms with van der Waals surface area (Å²) < 4.78 is 0. The van der Waals surface area contributed by atoms with Crippen LogP contribution in [0.2, 0.25) is 0 Å². The Labute approximate surface area is 125 Å². The van der Waals surface area contributed by atoms with Crippen LogP contribution in [0.15, 0.2) is 0 Å². The molecule has 4 saturated carbocycles. The number of fused-ring (bicyclic) bond motifs is 5. The minimum absolute atomic E-state index is 0.599. The first-order valence-electron chi connectivity index (χ1n) is 9.38. The maximum atomic E-state index is 4.14. The SMILES string of the molecule is CC1(C)CCCC(NC2CC3CC2C2CCCC32)CC1. The Morgan fingerprint density at radius 3 is 2.55 bits per heavy atom. The molecule has 6 atom stereocenters. The molecule has 6 unspecified atom stereocenters. The molecular weight excluding hydrogens is 242 g/mol. The molecule has 4 aliphatic rings. The van der Waals surface area contributed by atoms with E-state index in [0.717, 1.165) is 35.8 Å². The highest BCUT2D eigenvalue weighted by Gasteiger charge is 2.53. The molecule has 0 spiro atoms. The molecule has 0 amide bonds. The first-order chi connectivity index (χ1) is 9.62. The highest BCUT2D eigenvalue weighted by atomic mass is 15.0. The number of hydrogen-bond acceptors (Lipinski definition) is 1. The van der Waals surface area contributed by atoms with Crippen molar-refractivity contribution in [1.82, 2.24) is 5.32 Å². The molecular formula is C19H33N. The smallest absolute Gasteiger partial charge is 0.0103 e.